The van der Waals surface area contributed by atoms with Crippen molar-refractivity contribution in [3.05, 3.63) is 71.3 Å². The van der Waals surface area contributed by atoms with Crippen LogP contribution in [-0.2, 0) is 5.41 Å². The number of hydrogen-bond acceptors (Lipinski definition) is 1. The number of benzene rings is 2. The van der Waals surface area contributed by atoms with Gasteiger partial charge in [0, 0.05) is 12.0 Å². The van der Waals surface area contributed by atoms with Crippen LogP contribution in [0.2, 0.25) is 0 Å². The summed E-state index contributed by atoms with van der Waals surface area (Å²) in [6.07, 6.45) is 0. The van der Waals surface area contributed by atoms with E-state index < -0.39 is 5.41 Å². The van der Waals surface area contributed by atoms with Crippen LogP contribution >= 0.6 is 0 Å². The summed E-state index contributed by atoms with van der Waals surface area (Å²) in [5, 5.41) is 0. The van der Waals surface area contributed by atoms with Gasteiger partial charge < -0.3 is 5.73 Å². The van der Waals surface area contributed by atoms with Crippen molar-refractivity contribution in [2.75, 3.05) is 6.54 Å². The molecule has 0 bridgehead atoms. The lowest BCUT2D eigenvalue weighted by molar-refractivity contribution is 0.573. The van der Waals surface area contributed by atoms with Crippen LogP contribution in [0, 0.1) is 11.6 Å². The van der Waals surface area contributed by atoms with Gasteiger partial charge >= 0.3 is 0 Å². The molecule has 0 heterocycles. The molecule has 0 fully saturated rings. The Morgan fingerprint density at radius 1 is 0.833 bits per heavy atom. The summed E-state index contributed by atoms with van der Waals surface area (Å²) in [4.78, 5) is 0. The summed E-state index contributed by atoms with van der Waals surface area (Å²) >= 11 is 0. The first-order valence-electron chi connectivity index (χ1n) is 5.78. The molecule has 1 nitrogen and oxygen atoms in total. The second-order valence-corrected chi connectivity index (χ2v) is 4.55. The normalized spacial score (nSPS) is 11.6. The molecule has 0 saturated heterocycles. The summed E-state index contributed by atoms with van der Waals surface area (Å²) < 4.78 is 25.9. The quantitative estimate of drug-likeness (QED) is 0.885. The highest BCUT2D eigenvalue weighted by Crippen LogP contribution is 2.31. The molecule has 0 aliphatic heterocycles. The molecule has 0 amide bonds. The van der Waals surface area contributed by atoms with E-state index in [1.54, 1.807) is 24.3 Å². The Morgan fingerprint density at radius 3 is 1.44 bits per heavy atom. The van der Waals surface area contributed by atoms with Gasteiger partial charge in [0.1, 0.15) is 11.6 Å². The van der Waals surface area contributed by atoms with Crippen LogP contribution in [0.3, 0.4) is 0 Å². The van der Waals surface area contributed by atoms with Crippen molar-refractivity contribution in [1.82, 2.24) is 0 Å². The molecule has 0 radical (unpaired) electrons. The molecule has 0 aromatic heterocycles. The highest BCUT2D eigenvalue weighted by atomic mass is 19.1. The molecule has 0 aliphatic rings. The fourth-order valence-corrected chi connectivity index (χ4v) is 2.04. The lowest BCUT2D eigenvalue weighted by atomic mass is 9.76. The van der Waals surface area contributed by atoms with E-state index in [4.69, 9.17) is 5.73 Å². The van der Waals surface area contributed by atoms with Gasteiger partial charge in [-0.05, 0) is 35.4 Å². The summed E-state index contributed by atoms with van der Waals surface area (Å²) in [5.41, 5.74) is 7.25. The molecule has 2 aromatic carbocycles. The molecular weight excluding hydrogens is 232 g/mol. The minimum absolute atomic E-state index is 0.280. The van der Waals surface area contributed by atoms with Crippen LogP contribution in [0.5, 0.6) is 0 Å². The lowest BCUT2D eigenvalue weighted by Crippen LogP contribution is -2.33. The molecule has 0 unspecified atom stereocenters. The first-order chi connectivity index (χ1) is 8.56. The largest absolute Gasteiger partial charge is 0.329 e. The highest BCUT2D eigenvalue weighted by Gasteiger charge is 2.27. The fraction of sp³-hybridized carbons (Fsp3) is 0.200. The van der Waals surface area contributed by atoms with E-state index in [2.05, 4.69) is 0 Å². The highest BCUT2D eigenvalue weighted by molar-refractivity contribution is 5.39. The number of halogens is 2. The minimum atomic E-state index is -0.443. The van der Waals surface area contributed by atoms with Gasteiger partial charge in [0.05, 0.1) is 0 Å². The molecule has 2 rings (SSSR count). The SMILES string of the molecule is CC(CN)(c1ccc(F)cc1)c1ccc(F)cc1. The number of hydrogen-bond donors (Lipinski definition) is 1. The molecule has 94 valence electrons. The van der Waals surface area contributed by atoms with Gasteiger partial charge in [0.25, 0.3) is 0 Å². The Labute approximate surface area is 105 Å². The lowest BCUT2D eigenvalue weighted by Gasteiger charge is -2.29. The van der Waals surface area contributed by atoms with Gasteiger partial charge in [0.2, 0.25) is 0 Å². The van der Waals surface area contributed by atoms with Crippen LogP contribution < -0.4 is 5.73 Å². The Morgan fingerprint density at radius 2 is 1.17 bits per heavy atom. The van der Waals surface area contributed by atoms with Crippen LogP contribution in [-0.4, -0.2) is 6.54 Å². The van der Waals surface area contributed by atoms with Crippen molar-refractivity contribution in [2.24, 2.45) is 5.73 Å². The topological polar surface area (TPSA) is 26.0 Å². The maximum Gasteiger partial charge on any atom is 0.123 e. The van der Waals surface area contributed by atoms with Crippen molar-refractivity contribution in [1.29, 1.82) is 0 Å². The Hall–Kier alpha value is -1.74. The third kappa shape index (κ3) is 2.27. The number of rotatable bonds is 3. The van der Waals surface area contributed by atoms with Gasteiger partial charge in [-0.15, -0.1) is 0 Å². The summed E-state index contributed by atoms with van der Waals surface area (Å²) in [6.45, 7) is 2.33. The number of nitrogens with two attached hydrogens (primary N) is 1. The van der Waals surface area contributed by atoms with Crippen molar-refractivity contribution in [2.45, 2.75) is 12.3 Å². The van der Waals surface area contributed by atoms with E-state index >= 15 is 0 Å². The standard InChI is InChI=1S/C15H15F2N/c1-15(10-18,11-2-6-13(16)7-3-11)12-4-8-14(17)9-5-12/h2-9H,10,18H2,1H3. The predicted octanol–water partition coefficient (Wildman–Crippen LogP) is 3.23. The first kappa shape index (κ1) is 12.7. The molecule has 0 atom stereocenters. The van der Waals surface area contributed by atoms with Crippen molar-refractivity contribution >= 4 is 0 Å². The maximum absolute atomic E-state index is 13.0. The molecule has 18 heavy (non-hydrogen) atoms. The predicted molar refractivity (Wildman–Crippen MR) is 68.3 cm³/mol. The average molecular weight is 247 g/mol. The molecule has 2 aromatic rings. The maximum atomic E-state index is 13.0. The van der Waals surface area contributed by atoms with Gasteiger partial charge in [-0.1, -0.05) is 31.2 Å². The van der Waals surface area contributed by atoms with Crippen molar-refractivity contribution in [3.8, 4) is 0 Å². The van der Waals surface area contributed by atoms with Crippen molar-refractivity contribution < 1.29 is 8.78 Å². The van der Waals surface area contributed by atoms with Crippen LogP contribution in [0.15, 0.2) is 48.5 Å². The molecule has 2 N–H and O–H groups in total. The summed E-state index contributed by atoms with van der Waals surface area (Å²) in [6, 6.07) is 12.5. The molecular formula is C15H15F2N. The smallest absolute Gasteiger partial charge is 0.123 e. The third-order valence-corrected chi connectivity index (χ3v) is 3.37. The van der Waals surface area contributed by atoms with E-state index in [1.807, 2.05) is 6.92 Å². The zero-order chi connectivity index (χ0) is 13.2. The fourth-order valence-electron chi connectivity index (χ4n) is 2.04. The molecule has 0 saturated carbocycles. The van der Waals surface area contributed by atoms with Gasteiger partial charge in [0.15, 0.2) is 0 Å². The Balaban J connectivity index is 2.47. The summed E-state index contributed by atoms with van der Waals surface area (Å²) in [5.74, 6) is -0.561. The minimum Gasteiger partial charge on any atom is -0.329 e. The zero-order valence-electron chi connectivity index (χ0n) is 10.2. The van der Waals surface area contributed by atoms with E-state index in [1.165, 1.54) is 24.3 Å². The van der Waals surface area contributed by atoms with Crippen LogP contribution in [0.4, 0.5) is 8.78 Å². The second-order valence-electron chi connectivity index (χ2n) is 4.55. The van der Waals surface area contributed by atoms with Crippen LogP contribution in [0.1, 0.15) is 18.1 Å². The third-order valence-electron chi connectivity index (χ3n) is 3.37. The molecule has 3 heteroatoms. The van der Waals surface area contributed by atoms with Gasteiger partial charge in [-0.2, -0.15) is 0 Å². The van der Waals surface area contributed by atoms with E-state index in [9.17, 15) is 8.78 Å². The van der Waals surface area contributed by atoms with Crippen LogP contribution in [0.25, 0.3) is 0 Å². The summed E-state index contributed by atoms with van der Waals surface area (Å²) in [7, 11) is 0. The van der Waals surface area contributed by atoms with Crippen molar-refractivity contribution in [3.63, 3.8) is 0 Å². The van der Waals surface area contributed by atoms with Gasteiger partial charge in [-0.3, -0.25) is 0 Å². The Kier molecular flexibility index (Phi) is 3.43. The molecule has 0 aliphatic carbocycles. The molecule has 0 spiro atoms. The van der Waals surface area contributed by atoms with E-state index in [-0.39, 0.29) is 11.6 Å². The zero-order valence-corrected chi connectivity index (χ0v) is 10.2. The average Bonchev–Trinajstić information content (AvgIpc) is 2.39. The van der Waals surface area contributed by atoms with Gasteiger partial charge in [-0.25, -0.2) is 8.78 Å². The second kappa shape index (κ2) is 4.86. The first-order valence-corrected chi connectivity index (χ1v) is 5.78. The monoisotopic (exact) mass is 247 g/mol. The van der Waals surface area contributed by atoms with E-state index in [0.29, 0.717) is 6.54 Å². The van der Waals surface area contributed by atoms with E-state index in [0.717, 1.165) is 11.1 Å². The Bertz CT molecular complexity index is 472.